The summed E-state index contributed by atoms with van der Waals surface area (Å²) in [6, 6.07) is 7.62. The molecule has 1 amide bonds. The Morgan fingerprint density at radius 2 is 2.11 bits per heavy atom. The van der Waals surface area contributed by atoms with Crippen LogP contribution in [0.15, 0.2) is 24.3 Å². The van der Waals surface area contributed by atoms with Crippen molar-refractivity contribution in [2.75, 3.05) is 24.3 Å². The largest absolute Gasteiger partial charge is 0.453 e. The highest BCUT2D eigenvalue weighted by atomic mass is 16.5. The first-order valence-corrected chi connectivity index (χ1v) is 6.34. The van der Waals surface area contributed by atoms with Gasteiger partial charge in [-0.25, -0.2) is 4.79 Å². The lowest BCUT2D eigenvalue weighted by Crippen LogP contribution is -2.13. The monoisotopic (exact) mass is 250 g/mol. The third-order valence-electron chi connectivity index (χ3n) is 2.73. The molecule has 0 heterocycles. The minimum atomic E-state index is -0.452. The first kappa shape index (κ1) is 14.4. The highest BCUT2D eigenvalue weighted by molar-refractivity contribution is 5.85. The predicted octanol–water partition coefficient (Wildman–Crippen LogP) is 3.71. The number of methoxy groups -OCH3 is 1. The molecule has 0 saturated heterocycles. The van der Waals surface area contributed by atoms with E-state index in [9.17, 15) is 4.79 Å². The molecule has 2 N–H and O–H groups in total. The van der Waals surface area contributed by atoms with Crippen LogP contribution in [0.2, 0.25) is 0 Å². The van der Waals surface area contributed by atoms with E-state index < -0.39 is 6.09 Å². The van der Waals surface area contributed by atoms with Crippen molar-refractivity contribution in [1.29, 1.82) is 0 Å². The van der Waals surface area contributed by atoms with Crippen molar-refractivity contribution >= 4 is 17.5 Å². The van der Waals surface area contributed by atoms with Crippen molar-refractivity contribution < 1.29 is 9.53 Å². The van der Waals surface area contributed by atoms with Crippen LogP contribution in [-0.2, 0) is 4.74 Å². The average molecular weight is 250 g/mol. The van der Waals surface area contributed by atoms with Crippen LogP contribution in [0.1, 0.15) is 26.7 Å². The van der Waals surface area contributed by atoms with Crippen molar-refractivity contribution in [3.05, 3.63) is 24.3 Å². The molecule has 4 nitrogen and oxygen atoms in total. The lowest BCUT2D eigenvalue weighted by Gasteiger charge is -2.13. The number of anilines is 2. The van der Waals surface area contributed by atoms with Gasteiger partial charge in [-0.2, -0.15) is 0 Å². The van der Waals surface area contributed by atoms with Crippen LogP contribution in [0.25, 0.3) is 0 Å². The number of amides is 1. The number of hydrogen-bond acceptors (Lipinski definition) is 3. The lowest BCUT2D eigenvalue weighted by molar-refractivity contribution is 0.187. The highest BCUT2D eigenvalue weighted by Crippen LogP contribution is 2.16. The van der Waals surface area contributed by atoms with E-state index in [2.05, 4.69) is 29.2 Å². The van der Waals surface area contributed by atoms with Gasteiger partial charge in [0.1, 0.15) is 0 Å². The molecular weight excluding hydrogens is 228 g/mol. The summed E-state index contributed by atoms with van der Waals surface area (Å²) in [5, 5.41) is 6.01. The van der Waals surface area contributed by atoms with Gasteiger partial charge in [-0.1, -0.05) is 26.3 Å². The fourth-order valence-electron chi connectivity index (χ4n) is 1.76. The zero-order chi connectivity index (χ0) is 13.4. The first-order valence-electron chi connectivity index (χ1n) is 6.34. The van der Waals surface area contributed by atoms with Gasteiger partial charge in [0, 0.05) is 17.9 Å². The van der Waals surface area contributed by atoms with Crippen molar-refractivity contribution in [1.82, 2.24) is 0 Å². The van der Waals surface area contributed by atoms with Crippen LogP contribution < -0.4 is 10.6 Å². The fourth-order valence-corrected chi connectivity index (χ4v) is 1.76. The van der Waals surface area contributed by atoms with E-state index in [4.69, 9.17) is 0 Å². The molecule has 0 fully saturated rings. The smallest absolute Gasteiger partial charge is 0.411 e. The minimum absolute atomic E-state index is 0.452. The molecular formula is C14H22N2O2. The Balaban J connectivity index is 2.51. The van der Waals surface area contributed by atoms with Gasteiger partial charge in [0.25, 0.3) is 0 Å². The molecule has 0 spiro atoms. The summed E-state index contributed by atoms with van der Waals surface area (Å²) in [6.07, 6.45) is 1.96. The molecule has 0 aliphatic heterocycles. The molecule has 0 bridgehead atoms. The summed E-state index contributed by atoms with van der Waals surface area (Å²) in [4.78, 5) is 11.1. The van der Waals surface area contributed by atoms with E-state index in [1.807, 2.05) is 24.3 Å². The second-order valence-corrected chi connectivity index (χ2v) is 4.47. The highest BCUT2D eigenvalue weighted by Gasteiger charge is 2.03. The van der Waals surface area contributed by atoms with Gasteiger partial charge in [-0.3, -0.25) is 5.32 Å². The molecule has 0 aromatic heterocycles. The Morgan fingerprint density at radius 3 is 2.78 bits per heavy atom. The van der Waals surface area contributed by atoms with E-state index >= 15 is 0 Å². The Labute approximate surface area is 109 Å². The van der Waals surface area contributed by atoms with E-state index in [1.165, 1.54) is 20.0 Å². The second kappa shape index (κ2) is 7.58. The maximum Gasteiger partial charge on any atom is 0.411 e. The summed E-state index contributed by atoms with van der Waals surface area (Å²) in [7, 11) is 1.35. The van der Waals surface area contributed by atoms with Crippen LogP contribution in [0.4, 0.5) is 16.2 Å². The Kier molecular flexibility index (Phi) is 6.05. The van der Waals surface area contributed by atoms with E-state index in [-0.39, 0.29) is 0 Å². The molecule has 1 unspecified atom stereocenters. The summed E-state index contributed by atoms with van der Waals surface area (Å²) in [6.45, 7) is 5.36. The standard InChI is InChI=1S/C14H22N2O2/c1-4-6-11(2)10-15-12-7-5-8-13(9-12)16-14(17)18-3/h5,7-9,11,15H,4,6,10H2,1-3H3,(H,16,17). The molecule has 100 valence electrons. The lowest BCUT2D eigenvalue weighted by atomic mass is 10.1. The second-order valence-electron chi connectivity index (χ2n) is 4.47. The van der Waals surface area contributed by atoms with Crippen LogP contribution in [-0.4, -0.2) is 19.7 Å². The Morgan fingerprint density at radius 1 is 1.39 bits per heavy atom. The fraction of sp³-hybridized carbons (Fsp3) is 0.500. The molecule has 4 heteroatoms. The van der Waals surface area contributed by atoms with E-state index in [0.717, 1.165) is 17.9 Å². The molecule has 0 aliphatic carbocycles. The molecule has 1 atom stereocenters. The molecule has 1 aromatic carbocycles. The number of benzene rings is 1. The third kappa shape index (κ3) is 5.08. The number of rotatable bonds is 6. The van der Waals surface area contributed by atoms with Gasteiger partial charge >= 0.3 is 6.09 Å². The van der Waals surface area contributed by atoms with Gasteiger partial charge in [-0.15, -0.1) is 0 Å². The number of carbonyl (C=O) groups is 1. The van der Waals surface area contributed by atoms with Gasteiger partial charge in [0.2, 0.25) is 0 Å². The maximum absolute atomic E-state index is 11.1. The zero-order valence-corrected chi connectivity index (χ0v) is 11.3. The van der Waals surface area contributed by atoms with Crippen LogP contribution in [0.3, 0.4) is 0 Å². The minimum Gasteiger partial charge on any atom is -0.453 e. The zero-order valence-electron chi connectivity index (χ0n) is 11.3. The number of carbonyl (C=O) groups excluding carboxylic acids is 1. The van der Waals surface area contributed by atoms with E-state index in [1.54, 1.807) is 0 Å². The molecule has 18 heavy (non-hydrogen) atoms. The summed E-state index contributed by atoms with van der Waals surface area (Å²) in [5.74, 6) is 0.646. The number of hydrogen-bond donors (Lipinski definition) is 2. The van der Waals surface area contributed by atoms with Crippen molar-refractivity contribution in [2.45, 2.75) is 26.7 Å². The molecule has 0 saturated carbocycles. The Hall–Kier alpha value is -1.71. The van der Waals surface area contributed by atoms with E-state index in [0.29, 0.717) is 5.92 Å². The van der Waals surface area contributed by atoms with Crippen LogP contribution >= 0.6 is 0 Å². The SMILES string of the molecule is CCCC(C)CNc1cccc(NC(=O)OC)c1. The Bertz CT molecular complexity index is 380. The summed E-state index contributed by atoms with van der Waals surface area (Å²) < 4.78 is 4.55. The quantitative estimate of drug-likeness (QED) is 0.809. The molecule has 1 aromatic rings. The third-order valence-corrected chi connectivity index (χ3v) is 2.73. The topological polar surface area (TPSA) is 50.4 Å². The van der Waals surface area contributed by atoms with Crippen molar-refractivity contribution in [3.63, 3.8) is 0 Å². The van der Waals surface area contributed by atoms with Gasteiger partial charge in [0.15, 0.2) is 0 Å². The first-order chi connectivity index (χ1) is 8.65. The average Bonchev–Trinajstić information content (AvgIpc) is 2.37. The van der Waals surface area contributed by atoms with Crippen LogP contribution in [0.5, 0.6) is 0 Å². The van der Waals surface area contributed by atoms with Crippen molar-refractivity contribution in [2.24, 2.45) is 5.92 Å². The summed E-state index contributed by atoms with van der Waals surface area (Å²) >= 11 is 0. The number of nitrogens with one attached hydrogen (secondary N) is 2. The van der Waals surface area contributed by atoms with Gasteiger partial charge in [-0.05, 0) is 30.5 Å². The predicted molar refractivity (Wildman–Crippen MR) is 75.0 cm³/mol. The van der Waals surface area contributed by atoms with Gasteiger partial charge in [0.05, 0.1) is 7.11 Å². The molecule has 0 aliphatic rings. The number of ether oxygens (including phenoxy) is 1. The summed E-state index contributed by atoms with van der Waals surface area (Å²) in [5.41, 5.74) is 1.74. The normalized spacial score (nSPS) is 11.7. The maximum atomic E-state index is 11.1. The van der Waals surface area contributed by atoms with Crippen molar-refractivity contribution in [3.8, 4) is 0 Å². The van der Waals surface area contributed by atoms with Crippen LogP contribution in [0, 0.1) is 5.92 Å². The molecule has 0 radical (unpaired) electrons. The molecule has 1 rings (SSSR count). The van der Waals surface area contributed by atoms with Gasteiger partial charge < -0.3 is 10.1 Å².